The topological polar surface area (TPSA) is 59.3 Å². The molecule has 162 valence electrons. The van der Waals surface area contributed by atoms with E-state index in [2.05, 4.69) is 67.8 Å². The number of rotatable bonds is 6. The van der Waals surface area contributed by atoms with Gasteiger partial charge < -0.3 is 9.64 Å². The first-order chi connectivity index (χ1) is 15.3. The van der Waals surface area contributed by atoms with Crippen molar-refractivity contribution in [1.29, 1.82) is 0 Å². The molecular formula is C23H27ClN6O. The first kappa shape index (κ1) is 20.4. The van der Waals surface area contributed by atoms with Gasteiger partial charge >= 0.3 is 0 Å². The molecule has 0 radical (unpaired) electrons. The Morgan fingerprint density at radius 3 is 2.48 bits per heavy atom. The smallest absolute Gasteiger partial charge is 0.173 e. The number of tetrazole rings is 1. The summed E-state index contributed by atoms with van der Waals surface area (Å²) < 4.78 is 7.77. The molecule has 5 rings (SSSR count). The van der Waals surface area contributed by atoms with Crippen molar-refractivity contribution < 1.29 is 4.74 Å². The number of nitrogens with zero attached hydrogens (tertiary/aromatic N) is 6. The Balaban J connectivity index is 1.40. The maximum atomic E-state index is 6.18. The zero-order chi connectivity index (χ0) is 21.0. The van der Waals surface area contributed by atoms with Crippen LogP contribution >= 0.6 is 11.6 Å². The van der Waals surface area contributed by atoms with E-state index < -0.39 is 0 Å². The second-order valence-electron chi connectivity index (χ2n) is 8.17. The zero-order valence-electron chi connectivity index (χ0n) is 17.5. The molecule has 0 saturated carbocycles. The molecular weight excluding hydrogens is 412 g/mol. The van der Waals surface area contributed by atoms with Crippen LogP contribution in [0, 0.1) is 0 Å². The van der Waals surface area contributed by atoms with Crippen LogP contribution in [0.25, 0.3) is 0 Å². The summed E-state index contributed by atoms with van der Waals surface area (Å²) in [5.41, 5.74) is 2.43. The Bertz CT molecular complexity index is 965. The zero-order valence-corrected chi connectivity index (χ0v) is 18.2. The molecule has 3 aromatic rings. The molecule has 2 fully saturated rings. The van der Waals surface area contributed by atoms with Crippen molar-refractivity contribution in [3.63, 3.8) is 0 Å². The van der Waals surface area contributed by atoms with Crippen molar-refractivity contribution in [2.45, 2.75) is 31.5 Å². The van der Waals surface area contributed by atoms with Crippen LogP contribution in [0.15, 0.2) is 54.6 Å². The second-order valence-corrected chi connectivity index (χ2v) is 8.60. The highest BCUT2D eigenvalue weighted by Gasteiger charge is 2.31. The van der Waals surface area contributed by atoms with E-state index in [9.17, 15) is 0 Å². The molecule has 2 aliphatic heterocycles. The first-order valence-corrected chi connectivity index (χ1v) is 11.3. The van der Waals surface area contributed by atoms with E-state index in [1.807, 2.05) is 16.8 Å². The summed E-state index contributed by atoms with van der Waals surface area (Å²) in [6.45, 7) is 5.29. The Kier molecular flexibility index (Phi) is 6.15. The SMILES string of the molecule is Clc1ccc(C(c2nnnn2CC2CCCO2)N2CCN(c3ccccc3)CC2)cc1. The fourth-order valence-electron chi connectivity index (χ4n) is 4.56. The Morgan fingerprint density at radius 2 is 1.77 bits per heavy atom. The molecule has 3 heterocycles. The Morgan fingerprint density at radius 1 is 1.00 bits per heavy atom. The fourth-order valence-corrected chi connectivity index (χ4v) is 4.69. The van der Waals surface area contributed by atoms with Crippen LogP contribution in [0.2, 0.25) is 5.02 Å². The van der Waals surface area contributed by atoms with E-state index >= 15 is 0 Å². The summed E-state index contributed by atoms with van der Waals surface area (Å²) in [4.78, 5) is 4.91. The average Bonchev–Trinajstić information content (AvgIpc) is 3.49. The van der Waals surface area contributed by atoms with Gasteiger partial charge in [0.1, 0.15) is 0 Å². The van der Waals surface area contributed by atoms with Crippen molar-refractivity contribution in [3.05, 3.63) is 71.0 Å². The molecule has 31 heavy (non-hydrogen) atoms. The minimum Gasteiger partial charge on any atom is -0.376 e. The number of para-hydroxylation sites is 1. The van der Waals surface area contributed by atoms with Crippen LogP contribution in [0.5, 0.6) is 0 Å². The molecule has 7 nitrogen and oxygen atoms in total. The molecule has 0 amide bonds. The number of halogens is 1. The molecule has 2 unspecified atom stereocenters. The lowest BCUT2D eigenvalue weighted by atomic mass is 10.0. The van der Waals surface area contributed by atoms with Gasteiger partial charge in [0.05, 0.1) is 18.7 Å². The lowest BCUT2D eigenvalue weighted by Crippen LogP contribution is -2.48. The van der Waals surface area contributed by atoms with Crippen molar-refractivity contribution >= 4 is 17.3 Å². The maximum Gasteiger partial charge on any atom is 0.173 e. The first-order valence-electron chi connectivity index (χ1n) is 10.9. The fraction of sp³-hybridized carbons (Fsp3) is 0.435. The number of ether oxygens (including phenoxy) is 1. The quantitative estimate of drug-likeness (QED) is 0.587. The third kappa shape index (κ3) is 4.59. The van der Waals surface area contributed by atoms with Crippen molar-refractivity contribution in [1.82, 2.24) is 25.1 Å². The highest BCUT2D eigenvalue weighted by atomic mass is 35.5. The van der Waals surface area contributed by atoms with E-state index in [0.717, 1.165) is 62.0 Å². The third-order valence-corrected chi connectivity index (χ3v) is 6.44. The summed E-state index contributed by atoms with van der Waals surface area (Å²) in [6, 6.07) is 18.6. The van der Waals surface area contributed by atoms with Gasteiger partial charge in [-0.05, 0) is 53.1 Å². The molecule has 0 aliphatic carbocycles. The minimum atomic E-state index is -0.0217. The van der Waals surface area contributed by atoms with Crippen LogP contribution in [0.1, 0.15) is 30.3 Å². The van der Waals surface area contributed by atoms with Gasteiger partial charge in [-0.3, -0.25) is 4.90 Å². The lowest BCUT2D eigenvalue weighted by molar-refractivity contribution is 0.0906. The third-order valence-electron chi connectivity index (χ3n) is 6.19. The lowest BCUT2D eigenvalue weighted by Gasteiger charge is -2.40. The standard InChI is InChI=1S/C23H27ClN6O/c24-19-10-8-18(9-11-19)22(23-25-26-27-30(23)17-21-7-4-16-31-21)29-14-12-28(13-15-29)20-5-2-1-3-6-20/h1-3,5-6,8-11,21-22H,4,7,12-17H2. The van der Waals surface area contributed by atoms with Crippen molar-refractivity contribution in [2.75, 3.05) is 37.7 Å². The van der Waals surface area contributed by atoms with E-state index in [0.29, 0.717) is 6.54 Å². The van der Waals surface area contributed by atoms with Crippen molar-refractivity contribution in [3.8, 4) is 0 Å². The normalized spacial score (nSPS) is 20.8. The molecule has 2 saturated heterocycles. The highest BCUT2D eigenvalue weighted by Crippen LogP contribution is 2.30. The van der Waals surface area contributed by atoms with Gasteiger partial charge in [0.15, 0.2) is 5.82 Å². The van der Waals surface area contributed by atoms with Crippen LogP contribution in [0.4, 0.5) is 5.69 Å². The number of benzene rings is 2. The number of piperazine rings is 1. The van der Waals surface area contributed by atoms with E-state index in [1.165, 1.54) is 5.69 Å². The highest BCUT2D eigenvalue weighted by molar-refractivity contribution is 6.30. The van der Waals surface area contributed by atoms with Gasteiger partial charge in [0.2, 0.25) is 0 Å². The van der Waals surface area contributed by atoms with E-state index in [4.69, 9.17) is 16.3 Å². The molecule has 8 heteroatoms. The van der Waals surface area contributed by atoms with Crippen LogP contribution in [0.3, 0.4) is 0 Å². The van der Waals surface area contributed by atoms with E-state index in [1.54, 1.807) is 0 Å². The van der Waals surface area contributed by atoms with E-state index in [-0.39, 0.29) is 12.1 Å². The summed E-state index contributed by atoms with van der Waals surface area (Å²) in [5.74, 6) is 0.867. The summed E-state index contributed by atoms with van der Waals surface area (Å²) in [6.07, 6.45) is 2.34. The monoisotopic (exact) mass is 438 g/mol. The average molecular weight is 439 g/mol. The molecule has 0 bridgehead atoms. The Labute approximate surface area is 187 Å². The van der Waals surface area contributed by atoms with Crippen molar-refractivity contribution in [2.24, 2.45) is 0 Å². The second kappa shape index (κ2) is 9.34. The summed E-state index contributed by atoms with van der Waals surface area (Å²) >= 11 is 6.18. The predicted octanol–water partition coefficient (Wildman–Crippen LogP) is 3.42. The largest absolute Gasteiger partial charge is 0.376 e. The predicted molar refractivity (Wildman–Crippen MR) is 120 cm³/mol. The molecule has 0 spiro atoms. The summed E-state index contributed by atoms with van der Waals surface area (Å²) in [5, 5.41) is 13.5. The minimum absolute atomic E-state index is 0.0217. The molecule has 2 aliphatic rings. The number of hydrogen-bond acceptors (Lipinski definition) is 6. The van der Waals surface area contributed by atoms with Gasteiger partial charge in [-0.15, -0.1) is 5.10 Å². The molecule has 1 aromatic heterocycles. The molecule has 2 atom stereocenters. The molecule has 0 N–H and O–H groups in total. The number of hydrogen-bond donors (Lipinski definition) is 0. The van der Waals surface area contributed by atoms with Gasteiger partial charge in [0.25, 0.3) is 0 Å². The Hall–Kier alpha value is -2.48. The van der Waals surface area contributed by atoms with Crippen LogP contribution in [-0.2, 0) is 11.3 Å². The van der Waals surface area contributed by atoms with Gasteiger partial charge in [-0.1, -0.05) is 41.9 Å². The molecule has 2 aromatic carbocycles. The van der Waals surface area contributed by atoms with Crippen LogP contribution < -0.4 is 4.90 Å². The van der Waals surface area contributed by atoms with Gasteiger partial charge in [-0.2, -0.15) is 0 Å². The van der Waals surface area contributed by atoms with Crippen LogP contribution in [-0.4, -0.2) is 64.0 Å². The maximum absolute atomic E-state index is 6.18. The number of anilines is 1. The number of aromatic nitrogens is 4. The van der Waals surface area contributed by atoms with Gasteiger partial charge in [-0.25, -0.2) is 4.68 Å². The summed E-state index contributed by atoms with van der Waals surface area (Å²) in [7, 11) is 0. The van der Waals surface area contributed by atoms with Gasteiger partial charge in [0, 0.05) is 43.5 Å².